The molecule has 0 saturated carbocycles. The van der Waals surface area contributed by atoms with E-state index >= 15 is 0 Å². The Balaban J connectivity index is 1.73. The van der Waals surface area contributed by atoms with Gasteiger partial charge in [-0.3, -0.25) is 14.4 Å². The zero-order valence-electron chi connectivity index (χ0n) is 13.1. The number of nitrogens with zero attached hydrogens (tertiary/aromatic N) is 1. The van der Waals surface area contributed by atoms with E-state index in [1.54, 1.807) is 25.1 Å². The van der Waals surface area contributed by atoms with Crippen molar-refractivity contribution in [2.75, 3.05) is 13.1 Å². The lowest BCUT2D eigenvalue weighted by Gasteiger charge is -2.10. The van der Waals surface area contributed by atoms with Crippen LogP contribution in [0.4, 0.5) is 4.39 Å². The minimum Gasteiger partial charge on any atom is -0.458 e. The maximum Gasteiger partial charge on any atom is 0.290 e. The summed E-state index contributed by atoms with van der Waals surface area (Å²) in [5.41, 5.74) is 0.842. The molecule has 1 saturated heterocycles. The normalized spacial score (nSPS) is 17.6. The third kappa shape index (κ3) is 2.99. The highest BCUT2D eigenvalue weighted by Crippen LogP contribution is 2.21. The summed E-state index contributed by atoms with van der Waals surface area (Å²) in [6, 6.07) is 9.14. The van der Waals surface area contributed by atoms with Gasteiger partial charge in [-0.1, -0.05) is 12.1 Å². The van der Waals surface area contributed by atoms with E-state index in [4.69, 9.17) is 4.42 Å². The van der Waals surface area contributed by atoms with E-state index in [0.29, 0.717) is 18.7 Å². The molecule has 5 nitrogen and oxygen atoms in total. The van der Waals surface area contributed by atoms with Gasteiger partial charge in [0.05, 0.1) is 0 Å². The first kappa shape index (κ1) is 16.1. The number of Topliss-reactive ketones (excluding diaryl/α,β-unsaturated/α-hetero) is 2. The molecule has 0 aliphatic carbocycles. The molecule has 0 bridgehead atoms. The van der Waals surface area contributed by atoms with E-state index < -0.39 is 23.4 Å². The molecular weight excluding hydrogens is 313 g/mol. The number of likely N-dealkylation sites (tertiary alicyclic amines) is 1. The molecule has 3 rings (SSSR count). The van der Waals surface area contributed by atoms with Crippen LogP contribution in [-0.2, 0) is 16.0 Å². The van der Waals surface area contributed by atoms with E-state index in [2.05, 4.69) is 0 Å². The van der Waals surface area contributed by atoms with E-state index in [9.17, 15) is 18.8 Å². The van der Waals surface area contributed by atoms with Crippen LogP contribution in [0.15, 0.2) is 40.8 Å². The number of benzene rings is 1. The van der Waals surface area contributed by atoms with E-state index in [-0.39, 0.29) is 18.1 Å². The number of amides is 1. The topological polar surface area (TPSA) is 67.6 Å². The molecule has 2 heterocycles. The number of furan rings is 1. The van der Waals surface area contributed by atoms with Crippen LogP contribution in [0.5, 0.6) is 0 Å². The van der Waals surface area contributed by atoms with Crippen molar-refractivity contribution < 1.29 is 23.2 Å². The summed E-state index contributed by atoms with van der Waals surface area (Å²) < 4.78 is 18.4. The second kappa shape index (κ2) is 6.39. The lowest BCUT2D eigenvalue weighted by Crippen LogP contribution is -2.26. The summed E-state index contributed by atoms with van der Waals surface area (Å²) in [7, 11) is 0. The molecule has 1 atom stereocenters. The highest BCUT2D eigenvalue weighted by atomic mass is 19.1. The van der Waals surface area contributed by atoms with Crippen LogP contribution in [0, 0.1) is 11.7 Å². The maximum absolute atomic E-state index is 12.9. The van der Waals surface area contributed by atoms with Gasteiger partial charge in [0.2, 0.25) is 11.6 Å². The average molecular weight is 329 g/mol. The van der Waals surface area contributed by atoms with Crippen molar-refractivity contribution in [3.8, 4) is 0 Å². The minimum absolute atomic E-state index is 0.0659. The third-order valence-electron chi connectivity index (χ3n) is 4.11. The monoisotopic (exact) mass is 329 g/mol. The molecule has 0 spiro atoms. The van der Waals surface area contributed by atoms with Crippen LogP contribution in [0.3, 0.4) is 0 Å². The standard InChI is InChI=1S/C18H16FNO4/c1-2-20-10-14(17(22)18(20)23)16(21)15-8-7-13(24-15)9-11-3-5-12(19)6-4-11/h3-8,14H,2,9-10H2,1H3. The Morgan fingerprint density at radius 2 is 1.92 bits per heavy atom. The highest BCUT2D eigenvalue weighted by molar-refractivity contribution is 6.43. The Morgan fingerprint density at radius 1 is 1.21 bits per heavy atom. The SMILES string of the molecule is CCN1CC(C(=O)c2ccc(Cc3ccc(F)cc3)o2)C(=O)C1=O. The lowest BCUT2D eigenvalue weighted by molar-refractivity contribution is -0.140. The van der Waals surface area contributed by atoms with Gasteiger partial charge < -0.3 is 9.32 Å². The van der Waals surface area contributed by atoms with E-state index in [1.807, 2.05) is 0 Å². The predicted molar refractivity (Wildman–Crippen MR) is 83.0 cm³/mol. The summed E-state index contributed by atoms with van der Waals surface area (Å²) in [5, 5.41) is 0. The summed E-state index contributed by atoms with van der Waals surface area (Å²) in [4.78, 5) is 37.4. The molecule has 1 aromatic heterocycles. The second-order valence-corrected chi connectivity index (χ2v) is 5.69. The van der Waals surface area contributed by atoms with Crippen molar-refractivity contribution in [2.45, 2.75) is 13.3 Å². The van der Waals surface area contributed by atoms with Crippen molar-refractivity contribution in [2.24, 2.45) is 5.92 Å². The second-order valence-electron chi connectivity index (χ2n) is 5.69. The van der Waals surface area contributed by atoms with E-state index in [1.165, 1.54) is 23.1 Å². The van der Waals surface area contributed by atoms with Crippen LogP contribution in [0.1, 0.15) is 28.8 Å². The van der Waals surface area contributed by atoms with Gasteiger partial charge in [0.25, 0.3) is 5.91 Å². The van der Waals surface area contributed by atoms with E-state index in [0.717, 1.165) is 5.56 Å². The first-order valence-corrected chi connectivity index (χ1v) is 7.70. The fourth-order valence-electron chi connectivity index (χ4n) is 2.75. The molecule has 1 amide bonds. The van der Waals surface area contributed by atoms with Gasteiger partial charge in [0.1, 0.15) is 17.5 Å². The molecule has 24 heavy (non-hydrogen) atoms. The van der Waals surface area contributed by atoms with Crippen LogP contribution in [0.25, 0.3) is 0 Å². The third-order valence-corrected chi connectivity index (χ3v) is 4.11. The Hall–Kier alpha value is -2.76. The summed E-state index contributed by atoms with van der Waals surface area (Å²) in [6.45, 7) is 2.25. The zero-order valence-corrected chi connectivity index (χ0v) is 13.1. The Kier molecular flexibility index (Phi) is 4.29. The van der Waals surface area contributed by atoms with Crippen molar-refractivity contribution >= 4 is 17.5 Å². The maximum atomic E-state index is 12.9. The molecular formula is C18H16FNO4. The Labute approximate surface area is 138 Å². The number of likely N-dealkylation sites (N-methyl/N-ethyl adjacent to an activating group) is 1. The van der Waals surface area contributed by atoms with Gasteiger partial charge in [-0.05, 0) is 36.8 Å². The minimum atomic E-state index is -0.998. The predicted octanol–water partition coefficient (Wildman–Crippen LogP) is 2.24. The highest BCUT2D eigenvalue weighted by Gasteiger charge is 2.43. The van der Waals surface area contributed by atoms with Gasteiger partial charge in [0, 0.05) is 19.5 Å². The summed E-state index contributed by atoms with van der Waals surface area (Å²) in [6.07, 6.45) is 0.409. The van der Waals surface area contributed by atoms with Gasteiger partial charge in [-0.25, -0.2) is 4.39 Å². The Bertz CT molecular complexity index is 794. The molecule has 1 aliphatic rings. The van der Waals surface area contributed by atoms with Crippen molar-refractivity contribution in [3.63, 3.8) is 0 Å². The number of hydrogen-bond donors (Lipinski definition) is 0. The quantitative estimate of drug-likeness (QED) is 0.479. The van der Waals surface area contributed by atoms with Crippen molar-refractivity contribution in [3.05, 3.63) is 59.3 Å². The number of carbonyl (C=O) groups is 3. The zero-order chi connectivity index (χ0) is 17.3. The van der Waals surface area contributed by atoms with Crippen LogP contribution in [0.2, 0.25) is 0 Å². The molecule has 1 unspecified atom stereocenters. The number of hydrogen-bond acceptors (Lipinski definition) is 4. The summed E-state index contributed by atoms with van der Waals surface area (Å²) in [5.74, 6) is -2.49. The molecule has 1 aromatic carbocycles. The fraction of sp³-hybridized carbons (Fsp3) is 0.278. The number of rotatable bonds is 5. The molecule has 124 valence electrons. The molecule has 0 N–H and O–H groups in total. The van der Waals surface area contributed by atoms with Crippen LogP contribution >= 0.6 is 0 Å². The fourth-order valence-corrected chi connectivity index (χ4v) is 2.75. The number of carbonyl (C=O) groups excluding carboxylic acids is 3. The molecule has 0 radical (unpaired) electrons. The van der Waals surface area contributed by atoms with Crippen LogP contribution < -0.4 is 0 Å². The van der Waals surface area contributed by atoms with Crippen molar-refractivity contribution in [1.29, 1.82) is 0 Å². The molecule has 1 aliphatic heterocycles. The lowest BCUT2D eigenvalue weighted by atomic mass is 10.0. The van der Waals surface area contributed by atoms with Crippen LogP contribution in [-0.4, -0.2) is 35.5 Å². The number of halogens is 1. The first-order chi connectivity index (χ1) is 11.5. The van der Waals surface area contributed by atoms with Crippen molar-refractivity contribution in [1.82, 2.24) is 4.90 Å². The molecule has 6 heteroatoms. The van der Waals surface area contributed by atoms with Gasteiger partial charge in [0.15, 0.2) is 5.76 Å². The van der Waals surface area contributed by atoms with Gasteiger partial charge in [-0.2, -0.15) is 0 Å². The summed E-state index contributed by atoms with van der Waals surface area (Å²) >= 11 is 0. The first-order valence-electron chi connectivity index (χ1n) is 7.70. The van der Waals surface area contributed by atoms with Gasteiger partial charge in [-0.15, -0.1) is 0 Å². The average Bonchev–Trinajstić information content (AvgIpc) is 3.15. The number of ketones is 2. The smallest absolute Gasteiger partial charge is 0.290 e. The Morgan fingerprint density at radius 3 is 2.54 bits per heavy atom. The van der Waals surface area contributed by atoms with Gasteiger partial charge >= 0.3 is 0 Å². The molecule has 1 fully saturated rings. The largest absolute Gasteiger partial charge is 0.458 e. The molecule has 2 aromatic rings.